The summed E-state index contributed by atoms with van der Waals surface area (Å²) in [6.45, 7) is 20.4. The molecule has 0 amide bonds. The summed E-state index contributed by atoms with van der Waals surface area (Å²) in [5.41, 5.74) is 21.9. The standard InChI is InChI=1S/C46H44/c1-43(2)29-19-20-30-38-37(29)39-35-31(43)21-27(25-15-11-9-12-16-25)23-33(35)45(5,6)41(39)42-40(38)36-32(44(30,3)4)22-28(24-34(36)46(42,7)8)26-17-13-10-14-18-26/h9-22,33-34H,23-24H2,1-8H3. The molecule has 0 fully saturated rings. The van der Waals surface area contributed by atoms with Gasteiger partial charge in [0.2, 0.25) is 0 Å². The summed E-state index contributed by atoms with van der Waals surface area (Å²) in [7, 11) is 0. The Morgan fingerprint density at radius 2 is 0.848 bits per heavy atom. The van der Waals surface area contributed by atoms with Crippen molar-refractivity contribution in [2.45, 2.75) is 89.9 Å². The van der Waals surface area contributed by atoms with Crippen LogP contribution in [0.25, 0.3) is 33.1 Å². The molecule has 0 nitrogen and oxygen atoms in total. The Bertz CT molecular complexity index is 2060. The summed E-state index contributed by atoms with van der Waals surface area (Å²) in [6, 6.07) is 27.5. The zero-order chi connectivity index (χ0) is 31.7. The molecule has 0 bridgehead atoms. The fourth-order valence-corrected chi connectivity index (χ4v) is 11.4. The van der Waals surface area contributed by atoms with Gasteiger partial charge < -0.3 is 0 Å². The highest BCUT2D eigenvalue weighted by Crippen LogP contribution is 2.71. The van der Waals surface area contributed by atoms with Gasteiger partial charge in [0.25, 0.3) is 0 Å². The maximum atomic E-state index is 2.61. The summed E-state index contributed by atoms with van der Waals surface area (Å²) in [6.07, 6.45) is 7.43. The van der Waals surface area contributed by atoms with Gasteiger partial charge in [-0.15, -0.1) is 0 Å². The van der Waals surface area contributed by atoms with Crippen LogP contribution in [0.15, 0.2) is 96.1 Å². The fraction of sp³-hybridized carbons (Fsp3) is 0.348. The molecule has 0 spiro atoms. The van der Waals surface area contributed by atoms with Crippen LogP contribution in [0, 0.1) is 11.8 Å². The second kappa shape index (κ2) is 8.14. The van der Waals surface area contributed by atoms with Crippen molar-refractivity contribution in [3.63, 3.8) is 0 Å². The molecule has 0 N–H and O–H groups in total. The van der Waals surface area contributed by atoms with Crippen LogP contribution in [0.5, 0.6) is 0 Å². The number of allylic oxidation sites excluding steroid dienone is 8. The van der Waals surface area contributed by atoms with Gasteiger partial charge >= 0.3 is 0 Å². The van der Waals surface area contributed by atoms with Crippen LogP contribution in [0.3, 0.4) is 0 Å². The topological polar surface area (TPSA) is 0 Å². The Balaban J connectivity index is 1.36. The van der Waals surface area contributed by atoms with Crippen LogP contribution >= 0.6 is 0 Å². The monoisotopic (exact) mass is 596 g/mol. The van der Waals surface area contributed by atoms with E-state index in [1.807, 2.05) is 0 Å². The van der Waals surface area contributed by atoms with Crippen LogP contribution in [0.1, 0.15) is 113 Å². The molecule has 4 aromatic rings. The largest absolute Gasteiger partial charge is 0.0622 e. The van der Waals surface area contributed by atoms with Crippen LogP contribution in [-0.4, -0.2) is 0 Å². The number of benzene rings is 4. The molecular formula is C46H44. The summed E-state index contributed by atoms with van der Waals surface area (Å²) in [4.78, 5) is 0. The van der Waals surface area contributed by atoms with Gasteiger partial charge in [-0.1, -0.05) is 140 Å². The minimum absolute atomic E-state index is 0.0338. The highest BCUT2D eigenvalue weighted by molar-refractivity contribution is 6.16. The molecule has 228 valence electrons. The Hall–Kier alpha value is -3.90. The smallest absolute Gasteiger partial charge is 0.0156 e. The molecule has 4 aromatic carbocycles. The van der Waals surface area contributed by atoms with E-state index in [9.17, 15) is 0 Å². The summed E-state index contributed by atoms with van der Waals surface area (Å²) >= 11 is 0. The minimum Gasteiger partial charge on any atom is -0.0622 e. The van der Waals surface area contributed by atoms with Crippen molar-refractivity contribution in [2.75, 3.05) is 0 Å². The first kappa shape index (κ1) is 27.2. The van der Waals surface area contributed by atoms with Crippen LogP contribution < -0.4 is 0 Å². The first-order chi connectivity index (χ1) is 21.9. The van der Waals surface area contributed by atoms with Crippen molar-refractivity contribution < 1.29 is 0 Å². The van der Waals surface area contributed by atoms with Crippen molar-refractivity contribution in [3.05, 3.63) is 141 Å². The molecule has 0 saturated heterocycles. The maximum Gasteiger partial charge on any atom is 0.0156 e. The quantitative estimate of drug-likeness (QED) is 0.216. The van der Waals surface area contributed by atoms with E-state index >= 15 is 0 Å². The minimum atomic E-state index is -0.0647. The molecule has 6 aliphatic carbocycles. The zero-order valence-electron chi connectivity index (χ0n) is 28.7. The van der Waals surface area contributed by atoms with Gasteiger partial charge in [-0.05, 0) is 124 Å². The van der Waals surface area contributed by atoms with Crippen molar-refractivity contribution in [1.82, 2.24) is 0 Å². The third-order valence-electron chi connectivity index (χ3n) is 13.8. The van der Waals surface area contributed by atoms with Gasteiger partial charge in [0, 0.05) is 10.8 Å². The third-order valence-corrected chi connectivity index (χ3v) is 13.8. The van der Waals surface area contributed by atoms with Gasteiger partial charge in [0.05, 0.1) is 0 Å². The molecule has 6 aliphatic rings. The predicted octanol–water partition coefficient (Wildman–Crippen LogP) is 11.7. The summed E-state index contributed by atoms with van der Waals surface area (Å²) in [5, 5.41) is 3.19. The SMILES string of the molecule is CC1(C)C2=C3c4c(c5c6c7c(ccc1c47)C(C)(C)C1=C6C(CC(c4ccccc4)=C1)C5(C)C)C(C)(C)C3CC(c1ccccc1)=C2. The molecule has 0 heterocycles. The highest BCUT2D eigenvalue weighted by atomic mass is 14.6. The molecule has 0 radical (unpaired) electrons. The Morgan fingerprint density at radius 3 is 1.22 bits per heavy atom. The van der Waals surface area contributed by atoms with Crippen molar-refractivity contribution in [3.8, 4) is 0 Å². The number of fused-ring (bicyclic) bond motifs is 1. The molecule has 0 saturated carbocycles. The van der Waals surface area contributed by atoms with Gasteiger partial charge in [-0.3, -0.25) is 0 Å². The van der Waals surface area contributed by atoms with E-state index in [1.54, 1.807) is 55.3 Å². The number of hydrogen-bond acceptors (Lipinski definition) is 0. The van der Waals surface area contributed by atoms with E-state index in [0.29, 0.717) is 11.8 Å². The molecule has 46 heavy (non-hydrogen) atoms. The molecule has 0 heteroatoms. The zero-order valence-corrected chi connectivity index (χ0v) is 28.7. The van der Waals surface area contributed by atoms with E-state index in [-0.39, 0.29) is 21.7 Å². The van der Waals surface area contributed by atoms with Crippen molar-refractivity contribution in [1.29, 1.82) is 0 Å². The lowest BCUT2D eigenvalue weighted by Gasteiger charge is -2.43. The lowest BCUT2D eigenvalue weighted by Crippen LogP contribution is -2.33. The Kier molecular flexibility index (Phi) is 4.82. The first-order valence-corrected chi connectivity index (χ1v) is 17.6. The van der Waals surface area contributed by atoms with E-state index < -0.39 is 0 Å². The van der Waals surface area contributed by atoms with Gasteiger partial charge in [-0.25, -0.2) is 0 Å². The van der Waals surface area contributed by atoms with Gasteiger partial charge in [0.15, 0.2) is 0 Å². The second-order valence-electron chi connectivity index (χ2n) is 17.3. The predicted molar refractivity (Wildman–Crippen MR) is 195 cm³/mol. The van der Waals surface area contributed by atoms with Gasteiger partial charge in [0.1, 0.15) is 0 Å². The van der Waals surface area contributed by atoms with Crippen molar-refractivity contribution >= 4 is 33.1 Å². The van der Waals surface area contributed by atoms with E-state index in [0.717, 1.165) is 12.8 Å². The normalized spacial score (nSPS) is 26.0. The average Bonchev–Trinajstić information content (AvgIpc) is 3.42. The lowest BCUT2D eigenvalue weighted by molar-refractivity contribution is 0.380. The molecule has 0 aromatic heterocycles. The van der Waals surface area contributed by atoms with Crippen LogP contribution in [0.2, 0.25) is 0 Å². The molecule has 10 rings (SSSR count). The van der Waals surface area contributed by atoms with E-state index in [1.165, 1.54) is 33.4 Å². The second-order valence-corrected chi connectivity index (χ2v) is 17.3. The lowest BCUT2D eigenvalue weighted by atomic mass is 9.60. The summed E-state index contributed by atoms with van der Waals surface area (Å²) in [5.74, 6) is 0.948. The fourth-order valence-electron chi connectivity index (χ4n) is 11.4. The van der Waals surface area contributed by atoms with Crippen LogP contribution in [-0.2, 0) is 21.7 Å². The average molecular weight is 597 g/mol. The molecule has 0 aliphatic heterocycles. The summed E-state index contributed by atoms with van der Waals surface area (Å²) < 4.78 is 0. The number of rotatable bonds is 2. The Labute approximate surface area is 274 Å². The highest BCUT2D eigenvalue weighted by Gasteiger charge is 2.59. The van der Waals surface area contributed by atoms with Gasteiger partial charge in [-0.2, -0.15) is 0 Å². The first-order valence-electron chi connectivity index (χ1n) is 17.6. The van der Waals surface area contributed by atoms with E-state index in [2.05, 4.69) is 140 Å². The molecule has 2 atom stereocenters. The van der Waals surface area contributed by atoms with E-state index in [4.69, 9.17) is 0 Å². The third kappa shape index (κ3) is 2.91. The molecule has 2 unspecified atom stereocenters. The number of hydrogen-bond donors (Lipinski definition) is 0. The molecular weight excluding hydrogens is 553 g/mol. The Morgan fingerprint density at radius 1 is 0.478 bits per heavy atom. The van der Waals surface area contributed by atoms with Crippen molar-refractivity contribution in [2.24, 2.45) is 11.8 Å². The van der Waals surface area contributed by atoms with Crippen LogP contribution in [0.4, 0.5) is 0 Å². The maximum absolute atomic E-state index is 2.61.